The molecule has 0 unspecified atom stereocenters. The molecule has 1 aromatic rings. The molecule has 1 aliphatic heterocycles. The number of fused-ring (bicyclic) bond motifs is 1. The number of thiophene rings is 1. The van der Waals surface area contributed by atoms with Gasteiger partial charge in [-0.1, -0.05) is 0 Å². The summed E-state index contributed by atoms with van der Waals surface area (Å²) in [4.78, 5) is 5.70. The molecule has 0 saturated heterocycles. The van der Waals surface area contributed by atoms with E-state index in [0.29, 0.717) is 6.54 Å². The second kappa shape index (κ2) is 5.95. The van der Waals surface area contributed by atoms with E-state index < -0.39 is 0 Å². The fourth-order valence-electron chi connectivity index (χ4n) is 1.62. The molecule has 0 aliphatic carbocycles. The molecule has 2 heterocycles. The lowest BCUT2D eigenvalue weighted by atomic mass is 10.2. The van der Waals surface area contributed by atoms with Crippen LogP contribution in [0.3, 0.4) is 0 Å². The Labute approximate surface area is 105 Å². The largest absolute Gasteiger partial charge is 0.368 e. The van der Waals surface area contributed by atoms with Crippen LogP contribution in [0.1, 0.15) is 10.4 Å². The summed E-state index contributed by atoms with van der Waals surface area (Å²) < 4.78 is 10.2. The molecule has 0 amide bonds. The van der Waals surface area contributed by atoms with Crippen LogP contribution in [0.15, 0.2) is 22.6 Å². The van der Waals surface area contributed by atoms with E-state index >= 15 is 0 Å². The topological polar surface area (TPSA) is 42.8 Å². The second-order valence-electron chi connectivity index (χ2n) is 3.65. The third-order valence-corrected chi connectivity index (χ3v) is 3.53. The Bertz CT molecular complexity index is 422. The summed E-state index contributed by atoms with van der Waals surface area (Å²) in [5.74, 6) is 0.946. The predicted octanol–water partition coefficient (Wildman–Crippen LogP) is 1.88. The van der Waals surface area contributed by atoms with E-state index in [2.05, 4.69) is 21.8 Å². The number of nitrogens with zero attached hydrogens (tertiary/aromatic N) is 1. The maximum atomic E-state index is 5.12. The lowest BCUT2D eigenvalue weighted by Crippen LogP contribution is -2.34. The molecular formula is C12H16N2O2S. The fraction of sp³-hybridized carbons (Fsp3) is 0.417. The quantitative estimate of drug-likeness (QED) is 0.832. The maximum absolute atomic E-state index is 5.12. The van der Waals surface area contributed by atoms with Crippen LogP contribution in [-0.2, 0) is 15.9 Å². The normalized spacial score (nSPS) is 14.4. The molecule has 2 rings (SSSR count). The molecule has 17 heavy (non-hydrogen) atoms. The molecule has 5 heteroatoms. The molecule has 0 aromatic carbocycles. The van der Waals surface area contributed by atoms with E-state index in [9.17, 15) is 0 Å². The van der Waals surface area contributed by atoms with Gasteiger partial charge in [0.15, 0.2) is 6.29 Å². The monoisotopic (exact) mass is 252 g/mol. The first-order valence-electron chi connectivity index (χ1n) is 5.42. The fourth-order valence-corrected chi connectivity index (χ4v) is 2.49. The zero-order valence-electron chi connectivity index (χ0n) is 9.97. The van der Waals surface area contributed by atoms with Crippen molar-refractivity contribution in [1.82, 2.24) is 5.32 Å². The molecule has 0 saturated carbocycles. The minimum atomic E-state index is -0.243. The van der Waals surface area contributed by atoms with Gasteiger partial charge in [0.25, 0.3) is 0 Å². The summed E-state index contributed by atoms with van der Waals surface area (Å²) >= 11 is 1.75. The van der Waals surface area contributed by atoms with Crippen LogP contribution in [0.5, 0.6) is 0 Å². The van der Waals surface area contributed by atoms with Crippen LogP contribution in [0.2, 0.25) is 0 Å². The highest BCUT2D eigenvalue weighted by molar-refractivity contribution is 7.10. The molecule has 1 aliphatic rings. The molecule has 0 bridgehead atoms. The van der Waals surface area contributed by atoms with E-state index in [1.807, 2.05) is 12.3 Å². The van der Waals surface area contributed by atoms with Crippen LogP contribution in [0.4, 0.5) is 0 Å². The van der Waals surface area contributed by atoms with E-state index in [1.165, 1.54) is 10.4 Å². The average Bonchev–Trinajstić information content (AvgIpc) is 2.69. The number of hydrogen-bond acceptors (Lipinski definition) is 5. The Morgan fingerprint density at radius 2 is 2.29 bits per heavy atom. The number of nitrogens with one attached hydrogen (secondary N) is 1. The zero-order chi connectivity index (χ0) is 12.1. The first kappa shape index (κ1) is 12.3. The van der Waals surface area contributed by atoms with Gasteiger partial charge in [-0.05, 0) is 23.1 Å². The van der Waals surface area contributed by atoms with E-state index in [4.69, 9.17) is 9.47 Å². The highest BCUT2D eigenvalue weighted by Gasteiger charge is 2.11. The first-order valence-corrected chi connectivity index (χ1v) is 6.30. The molecule has 0 radical (unpaired) electrons. The molecule has 0 spiro atoms. The van der Waals surface area contributed by atoms with Gasteiger partial charge in [-0.15, -0.1) is 11.3 Å². The number of amidine groups is 1. The summed E-state index contributed by atoms with van der Waals surface area (Å²) in [5, 5.41) is 5.35. The Kier molecular flexibility index (Phi) is 4.30. The molecule has 0 fully saturated rings. The van der Waals surface area contributed by atoms with Gasteiger partial charge in [-0.3, -0.25) is 0 Å². The van der Waals surface area contributed by atoms with Crippen LogP contribution in [0.25, 0.3) is 6.08 Å². The minimum Gasteiger partial charge on any atom is -0.368 e. The van der Waals surface area contributed by atoms with E-state index in [1.54, 1.807) is 25.6 Å². The van der Waals surface area contributed by atoms with Gasteiger partial charge < -0.3 is 14.8 Å². The van der Waals surface area contributed by atoms with Crippen molar-refractivity contribution in [1.29, 1.82) is 0 Å². The van der Waals surface area contributed by atoms with Gasteiger partial charge in [0.1, 0.15) is 5.84 Å². The van der Waals surface area contributed by atoms with Crippen molar-refractivity contribution in [2.75, 3.05) is 20.8 Å². The number of rotatable bonds is 4. The van der Waals surface area contributed by atoms with Crippen molar-refractivity contribution < 1.29 is 9.47 Å². The molecular weight excluding hydrogens is 236 g/mol. The average molecular weight is 252 g/mol. The third-order valence-electron chi connectivity index (χ3n) is 2.59. The molecule has 1 aromatic heterocycles. The molecule has 92 valence electrons. The van der Waals surface area contributed by atoms with E-state index in [0.717, 1.165) is 12.3 Å². The van der Waals surface area contributed by atoms with Crippen molar-refractivity contribution in [3.05, 3.63) is 28.1 Å². The summed E-state index contributed by atoms with van der Waals surface area (Å²) in [5.41, 5.74) is 1.26. The third kappa shape index (κ3) is 3.15. The Morgan fingerprint density at radius 1 is 1.47 bits per heavy atom. The SMILES string of the molecule is COC(CNC1=NC=Cc2ccsc2C1)OC. The van der Waals surface area contributed by atoms with Crippen molar-refractivity contribution in [2.45, 2.75) is 12.7 Å². The second-order valence-corrected chi connectivity index (χ2v) is 4.65. The highest BCUT2D eigenvalue weighted by atomic mass is 32.1. The standard InChI is InChI=1S/C12H16N2O2S/c1-15-12(16-2)8-14-11-7-10-9(3-5-13-11)4-6-17-10/h3-6,12H,7-8H2,1-2H3,(H,13,14). The first-order chi connectivity index (χ1) is 8.33. The predicted molar refractivity (Wildman–Crippen MR) is 70.3 cm³/mol. The van der Waals surface area contributed by atoms with Gasteiger partial charge in [-0.25, -0.2) is 4.99 Å². The maximum Gasteiger partial charge on any atom is 0.173 e. The van der Waals surface area contributed by atoms with Crippen molar-refractivity contribution >= 4 is 23.2 Å². The number of methoxy groups -OCH3 is 2. The summed E-state index contributed by atoms with van der Waals surface area (Å²) in [6.07, 6.45) is 4.45. The van der Waals surface area contributed by atoms with Crippen molar-refractivity contribution in [3.8, 4) is 0 Å². The summed E-state index contributed by atoms with van der Waals surface area (Å²) in [6, 6.07) is 2.11. The van der Waals surface area contributed by atoms with E-state index in [-0.39, 0.29) is 6.29 Å². The number of hydrogen-bond donors (Lipinski definition) is 1. The number of aliphatic imine (C=N–C) groups is 1. The van der Waals surface area contributed by atoms with Crippen LogP contribution in [-0.4, -0.2) is 32.9 Å². The Morgan fingerprint density at radius 3 is 3.06 bits per heavy atom. The van der Waals surface area contributed by atoms with Gasteiger partial charge in [0, 0.05) is 31.7 Å². The van der Waals surface area contributed by atoms with Crippen LogP contribution in [0, 0.1) is 0 Å². The molecule has 4 nitrogen and oxygen atoms in total. The summed E-state index contributed by atoms with van der Waals surface area (Å²) in [7, 11) is 3.25. The lowest BCUT2D eigenvalue weighted by Gasteiger charge is -2.15. The molecule has 0 atom stereocenters. The Hall–Kier alpha value is -1.17. The smallest absolute Gasteiger partial charge is 0.173 e. The lowest BCUT2D eigenvalue weighted by molar-refractivity contribution is -0.0965. The van der Waals surface area contributed by atoms with Gasteiger partial charge in [0.2, 0.25) is 0 Å². The van der Waals surface area contributed by atoms with Gasteiger partial charge in [0.05, 0.1) is 6.54 Å². The minimum absolute atomic E-state index is 0.243. The van der Waals surface area contributed by atoms with Gasteiger partial charge in [-0.2, -0.15) is 0 Å². The highest BCUT2D eigenvalue weighted by Crippen LogP contribution is 2.21. The van der Waals surface area contributed by atoms with Crippen LogP contribution < -0.4 is 5.32 Å². The molecule has 1 N–H and O–H groups in total. The van der Waals surface area contributed by atoms with Crippen LogP contribution >= 0.6 is 11.3 Å². The number of ether oxygens (including phenoxy) is 2. The Balaban J connectivity index is 1.95. The van der Waals surface area contributed by atoms with Crippen molar-refractivity contribution in [3.63, 3.8) is 0 Å². The van der Waals surface area contributed by atoms with Crippen molar-refractivity contribution in [2.24, 2.45) is 4.99 Å². The van der Waals surface area contributed by atoms with Gasteiger partial charge >= 0.3 is 0 Å². The summed E-state index contributed by atoms with van der Waals surface area (Å²) in [6.45, 7) is 0.598. The zero-order valence-corrected chi connectivity index (χ0v) is 10.8.